The third kappa shape index (κ3) is 5.39. The van der Waals surface area contributed by atoms with Crippen LogP contribution in [-0.2, 0) is 28.6 Å². The Morgan fingerprint density at radius 3 is 2.54 bits per heavy atom. The molecule has 3 aromatic rings. The summed E-state index contributed by atoms with van der Waals surface area (Å²) in [5.74, 6) is 1.18. The smallest absolute Gasteiger partial charge is 0.215 e. The topological polar surface area (TPSA) is 87.7 Å². The van der Waals surface area contributed by atoms with Crippen LogP contribution in [0.3, 0.4) is 0 Å². The molecule has 26 heavy (non-hydrogen) atoms. The third-order valence-electron chi connectivity index (χ3n) is 3.77. The van der Waals surface area contributed by atoms with Gasteiger partial charge in [0.05, 0.1) is 5.75 Å². The van der Waals surface area contributed by atoms with E-state index in [1.54, 1.807) is 24.3 Å². The lowest BCUT2D eigenvalue weighted by molar-refractivity contribution is 0.580. The van der Waals surface area contributed by atoms with Gasteiger partial charge in [-0.3, -0.25) is 5.10 Å². The number of halogens is 1. The van der Waals surface area contributed by atoms with E-state index in [-0.39, 0.29) is 12.3 Å². The van der Waals surface area contributed by atoms with Gasteiger partial charge in [-0.25, -0.2) is 18.1 Å². The van der Waals surface area contributed by atoms with Gasteiger partial charge in [-0.05, 0) is 17.2 Å². The Bertz CT molecular complexity index is 958. The fraction of sp³-hybridized carbons (Fsp3) is 0.222. The lowest BCUT2D eigenvalue weighted by Crippen LogP contribution is -2.27. The third-order valence-corrected chi connectivity index (χ3v) is 5.47. The molecule has 0 radical (unpaired) electrons. The van der Waals surface area contributed by atoms with E-state index in [9.17, 15) is 8.42 Å². The number of aromatic nitrogens is 3. The summed E-state index contributed by atoms with van der Waals surface area (Å²) in [6, 6.07) is 16.8. The molecule has 136 valence electrons. The van der Waals surface area contributed by atoms with E-state index >= 15 is 0 Å². The average Bonchev–Trinajstić information content (AvgIpc) is 3.05. The summed E-state index contributed by atoms with van der Waals surface area (Å²) in [7, 11) is -3.47. The lowest BCUT2D eigenvalue weighted by atomic mass is 10.1. The Hall–Kier alpha value is -2.22. The molecule has 2 aromatic carbocycles. The van der Waals surface area contributed by atoms with Gasteiger partial charge in [0.15, 0.2) is 5.82 Å². The Labute approximate surface area is 157 Å². The molecule has 0 bridgehead atoms. The molecule has 0 aliphatic carbocycles. The van der Waals surface area contributed by atoms with Crippen LogP contribution in [0.1, 0.15) is 22.8 Å². The Balaban J connectivity index is 1.51. The standard InChI is InChI=1S/C18H19ClN4O2S/c19-16-9-5-4-8-15(16)13-26(24,25)20-11-10-17-21-18(23-22-17)12-14-6-2-1-3-7-14/h1-9,20H,10-13H2,(H,21,22,23). The van der Waals surface area contributed by atoms with Crippen LogP contribution in [0.2, 0.25) is 5.02 Å². The van der Waals surface area contributed by atoms with Crippen molar-refractivity contribution in [3.05, 3.63) is 82.4 Å². The molecule has 0 saturated heterocycles. The average molecular weight is 391 g/mol. The van der Waals surface area contributed by atoms with E-state index in [0.717, 1.165) is 11.4 Å². The van der Waals surface area contributed by atoms with Crippen molar-refractivity contribution < 1.29 is 8.42 Å². The molecule has 6 nitrogen and oxygen atoms in total. The van der Waals surface area contributed by atoms with Gasteiger partial charge in [-0.15, -0.1) is 0 Å². The molecule has 8 heteroatoms. The van der Waals surface area contributed by atoms with E-state index in [1.807, 2.05) is 30.3 Å². The van der Waals surface area contributed by atoms with Gasteiger partial charge in [0.2, 0.25) is 10.0 Å². The van der Waals surface area contributed by atoms with Crippen molar-refractivity contribution in [3.8, 4) is 0 Å². The predicted octanol–water partition coefficient (Wildman–Crippen LogP) is 2.71. The number of aromatic amines is 1. The minimum absolute atomic E-state index is 0.153. The highest BCUT2D eigenvalue weighted by Gasteiger charge is 2.14. The van der Waals surface area contributed by atoms with Crippen molar-refractivity contribution in [2.75, 3.05) is 6.54 Å². The fourth-order valence-corrected chi connectivity index (χ4v) is 3.96. The second kappa shape index (κ2) is 8.44. The minimum atomic E-state index is -3.47. The molecule has 0 unspecified atom stereocenters. The highest BCUT2D eigenvalue weighted by molar-refractivity contribution is 7.88. The maximum Gasteiger partial charge on any atom is 0.215 e. The van der Waals surface area contributed by atoms with Gasteiger partial charge in [-0.1, -0.05) is 60.1 Å². The van der Waals surface area contributed by atoms with Gasteiger partial charge in [0.25, 0.3) is 0 Å². The second-order valence-electron chi connectivity index (χ2n) is 5.86. The van der Waals surface area contributed by atoms with E-state index in [2.05, 4.69) is 19.9 Å². The number of sulfonamides is 1. The first-order valence-electron chi connectivity index (χ1n) is 8.17. The van der Waals surface area contributed by atoms with E-state index in [4.69, 9.17) is 11.6 Å². The van der Waals surface area contributed by atoms with Crippen molar-refractivity contribution >= 4 is 21.6 Å². The zero-order valence-electron chi connectivity index (χ0n) is 14.0. The summed E-state index contributed by atoms with van der Waals surface area (Å²) in [6.07, 6.45) is 1.07. The first kappa shape index (κ1) is 18.6. The van der Waals surface area contributed by atoms with E-state index in [0.29, 0.717) is 29.3 Å². The van der Waals surface area contributed by atoms with Crippen molar-refractivity contribution in [1.29, 1.82) is 0 Å². The number of nitrogens with zero attached hydrogens (tertiary/aromatic N) is 2. The molecule has 0 saturated carbocycles. The molecule has 1 heterocycles. The van der Waals surface area contributed by atoms with Gasteiger partial charge in [0.1, 0.15) is 5.82 Å². The number of rotatable bonds is 8. The number of benzene rings is 2. The van der Waals surface area contributed by atoms with Crippen molar-refractivity contribution in [1.82, 2.24) is 19.9 Å². The van der Waals surface area contributed by atoms with Crippen LogP contribution in [0.5, 0.6) is 0 Å². The van der Waals surface area contributed by atoms with Crippen LogP contribution in [-0.4, -0.2) is 30.1 Å². The van der Waals surface area contributed by atoms with Gasteiger partial charge < -0.3 is 0 Å². The van der Waals surface area contributed by atoms with Crippen molar-refractivity contribution in [3.63, 3.8) is 0 Å². The van der Waals surface area contributed by atoms with Crippen LogP contribution in [0.25, 0.3) is 0 Å². The Kier molecular flexibility index (Phi) is 6.03. The predicted molar refractivity (Wildman–Crippen MR) is 101 cm³/mol. The maximum atomic E-state index is 12.2. The normalized spacial score (nSPS) is 11.6. The summed E-state index contributed by atoms with van der Waals surface area (Å²) in [6.45, 7) is 0.232. The maximum absolute atomic E-state index is 12.2. The summed E-state index contributed by atoms with van der Waals surface area (Å²) in [5.41, 5.74) is 1.71. The molecule has 2 N–H and O–H groups in total. The van der Waals surface area contributed by atoms with Gasteiger partial charge >= 0.3 is 0 Å². The van der Waals surface area contributed by atoms with Crippen LogP contribution in [0.4, 0.5) is 0 Å². The number of hydrogen-bond acceptors (Lipinski definition) is 4. The van der Waals surface area contributed by atoms with Crippen LogP contribution < -0.4 is 4.72 Å². The molecule has 0 spiro atoms. The minimum Gasteiger partial charge on any atom is -0.263 e. The molecule has 0 amide bonds. The molecular formula is C18H19ClN4O2S. The Morgan fingerprint density at radius 2 is 1.77 bits per heavy atom. The summed E-state index contributed by atoms with van der Waals surface area (Å²) in [4.78, 5) is 4.40. The molecule has 0 atom stereocenters. The molecule has 0 fully saturated rings. The largest absolute Gasteiger partial charge is 0.263 e. The summed E-state index contributed by atoms with van der Waals surface area (Å²) in [5, 5.41) is 7.47. The quantitative estimate of drug-likeness (QED) is 0.619. The molecular weight excluding hydrogens is 372 g/mol. The first-order valence-corrected chi connectivity index (χ1v) is 10.2. The Morgan fingerprint density at radius 1 is 1.04 bits per heavy atom. The number of hydrogen-bond donors (Lipinski definition) is 2. The lowest BCUT2D eigenvalue weighted by Gasteiger charge is -2.07. The highest BCUT2D eigenvalue weighted by Crippen LogP contribution is 2.17. The summed E-state index contributed by atoms with van der Waals surface area (Å²) >= 11 is 6.01. The highest BCUT2D eigenvalue weighted by atomic mass is 35.5. The summed E-state index contributed by atoms with van der Waals surface area (Å²) < 4.78 is 26.9. The molecule has 3 rings (SSSR count). The monoisotopic (exact) mass is 390 g/mol. The zero-order chi connectivity index (χ0) is 18.4. The second-order valence-corrected chi connectivity index (χ2v) is 8.07. The van der Waals surface area contributed by atoms with Crippen LogP contribution in [0, 0.1) is 0 Å². The van der Waals surface area contributed by atoms with E-state index in [1.165, 1.54) is 0 Å². The van der Waals surface area contributed by atoms with E-state index < -0.39 is 10.0 Å². The fourth-order valence-electron chi connectivity index (χ4n) is 2.50. The number of H-pyrrole nitrogens is 1. The molecule has 0 aliphatic heterocycles. The number of nitrogens with one attached hydrogen (secondary N) is 2. The van der Waals surface area contributed by atoms with Crippen molar-refractivity contribution in [2.45, 2.75) is 18.6 Å². The van der Waals surface area contributed by atoms with Gasteiger partial charge in [0, 0.05) is 24.4 Å². The zero-order valence-corrected chi connectivity index (χ0v) is 15.6. The van der Waals surface area contributed by atoms with Crippen LogP contribution in [0.15, 0.2) is 54.6 Å². The van der Waals surface area contributed by atoms with Crippen molar-refractivity contribution in [2.24, 2.45) is 0 Å². The molecule has 1 aromatic heterocycles. The SMILES string of the molecule is O=S(=O)(Cc1ccccc1Cl)NCCc1n[nH]c(Cc2ccccc2)n1. The van der Waals surface area contributed by atoms with Crippen LogP contribution >= 0.6 is 11.6 Å². The van der Waals surface area contributed by atoms with Gasteiger partial charge in [-0.2, -0.15) is 5.10 Å². The molecule has 0 aliphatic rings. The first-order chi connectivity index (χ1) is 12.5.